The van der Waals surface area contributed by atoms with Gasteiger partial charge in [-0.15, -0.1) is 0 Å². The van der Waals surface area contributed by atoms with Crippen LogP contribution in [0, 0.1) is 5.92 Å². The van der Waals surface area contributed by atoms with Crippen LogP contribution in [-0.2, 0) is 19.2 Å². The summed E-state index contributed by atoms with van der Waals surface area (Å²) in [6.45, 7) is 3.97. The lowest BCUT2D eigenvalue weighted by atomic mass is 10.1. The molecule has 0 aromatic carbocycles. The quantitative estimate of drug-likeness (QED) is 0.0986. The van der Waals surface area contributed by atoms with Gasteiger partial charge in [0.1, 0.15) is 18.1 Å². The highest BCUT2D eigenvalue weighted by atomic mass is 16.4. The van der Waals surface area contributed by atoms with E-state index in [1.165, 1.54) is 0 Å². The minimum atomic E-state index is -1.29. The Bertz CT molecular complexity index is 551. The van der Waals surface area contributed by atoms with E-state index in [1.54, 1.807) is 13.8 Å². The summed E-state index contributed by atoms with van der Waals surface area (Å²) in [5, 5.41) is 32.6. The molecule has 3 atom stereocenters. The molecule has 14 N–H and O–H groups in total. The molecular weight excluding hydrogens is 392 g/mol. The highest BCUT2D eigenvalue weighted by molar-refractivity contribution is 5.80. The van der Waals surface area contributed by atoms with Crippen molar-refractivity contribution in [3.05, 3.63) is 0 Å². The van der Waals surface area contributed by atoms with E-state index < -0.39 is 48.4 Å². The molecule has 0 aromatic rings. The first kappa shape index (κ1) is 30.7. The zero-order valence-corrected chi connectivity index (χ0v) is 16.4. The summed E-state index contributed by atoms with van der Waals surface area (Å²) in [4.78, 5) is 43.5. The largest absolute Gasteiger partial charge is 0.481 e. The first-order valence-corrected chi connectivity index (χ1v) is 8.35. The van der Waals surface area contributed by atoms with Crippen LogP contribution in [0.15, 0.2) is 4.99 Å². The molecule has 0 saturated heterocycles. The van der Waals surface area contributed by atoms with Gasteiger partial charge in [-0.05, 0) is 18.8 Å². The molecule has 0 rings (SSSR count). The topological polar surface area (TPSA) is 292 Å². The Hall–Kier alpha value is -2.97. The molecule has 0 amide bonds. The van der Waals surface area contributed by atoms with Crippen molar-refractivity contribution in [2.24, 2.45) is 39.6 Å². The Morgan fingerprint density at radius 3 is 1.48 bits per heavy atom. The molecule has 14 heteroatoms. The van der Waals surface area contributed by atoms with Gasteiger partial charge in [0.05, 0.1) is 6.42 Å². The molecule has 170 valence electrons. The molecule has 14 nitrogen and oxygen atoms in total. The van der Waals surface area contributed by atoms with E-state index in [9.17, 15) is 19.2 Å². The van der Waals surface area contributed by atoms with Crippen LogP contribution in [0.25, 0.3) is 0 Å². The average Bonchev–Trinajstić information content (AvgIpc) is 2.57. The predicted molar refractivity (Wildman–Crippen MR) is 104 cm³/mol. The zero-order valence-electron chi connectivity index (χ0n) is 16.4. The second-order valence-electron chi connectivity index (χ2n) is 6.04. The van der Waals surface area contributed by atoms with Crippen LogP contribution in [0.3, 0.4) is 0 Å². The Morgan fingerprint density at radius 2 is 1.28 bits per heavy atom. The number of nitrogens with two attached hydrogens (primary N) is 5. The first-order chi connectivity index (χ1) is 13.1. The summed E-state index contributed by atoms with van der Waals surface area (Å²) in [7, 11) is 0. The van der Waals surface area contributed by atoms with Gasteiger partial charge in [0, 0.05) is 6.54 Å². The van der Waals surface area contributed by atoms with Crippen LogP contribution < -0.4 is 28.7 Å². The van der Waals surface area contributed by atoms with Gasteiger partial charge in [0.15, 0.2) is 5.96 Å². The fourth-order valence-electron chi connectivity index (χ4n) is 1.20. The number of nitrogens with zero attached hydrogens (tertiary/aromatic N) is 1. The molecule has 0 spiro atoms. The summed E-state index contributed by atoms with van der Waals surface area (Å²) in [5.74, 6) is -4.40. The third-order valence-electron chi connectivity index (χ3n) is 3.00. The molecule has 0 aliphatic heterocycles. The SMILES string of the molecule is CC(C)[C@H](N)C(=O)O.NC(N)=NCCC[C@H](N)C(=O)O.N[C@@H](CC(=O)O)C(=O)O. The van der Waals surface area contributed by atoms with E-state index in [-0.39, 0.29) is 11.9 Å². The standard InChI is InChI=1S/C6H14N4O2.C5H11NO2.C4H7NO4/c7-4(5(11)12)2-1-3-10-6(8)9;1-3(2)4(6)5(7)8;5-2(4(8)9)1-3(6)7/h4H,1-3,7H2,(H,11,12)(H4,8,9,10);3-4H,6H2,1-2H3,(H,7,8);2H,1,5H2,(H,6,7)(H,8,9)/t2*4-;2-/m000/s1. The molecule has 0 radical (unpaired) electrons. The number of hydrogen-bond acceptors (Lipinski definition) is 8. The molecule has 0 aliphatic carbocycles. The van der Waals surface area contributed by atoms with Gasteiger partial charge in [0.25, 0.3) is 0 Å². The minimum Gasteiger partial charge on any atom is -0.481 e. The van der Waals surface area contributed by atoms with Gasteiger partial charge in [0.2, 0.25) is 0 Å². The second kappa shape index (κ2) is 17.2. The Morgan fingerprint density at radius 1 is 0.828 bits per heavy atom. The van der Waals surface area contributed by atoms with Crippen LogP contribution in [0.1, 0.15) is 33.1 Å². The van der Waals surface area contributed by atoms with Gasteiger partial charge >= 0.3 is 23.9 Å². The minimum absolute atomic E-state index is 0.0129. The van der Waals surface area contributed by atoms with Gasteiger partial charge < -0.3 is 49.1 Å². The number of hydrogen-bond donors (Lipinski definition) is 9. The molecule has 0 unspecified atom stereocenters. The fourth-order valence-corrected chi connectivity index (χ4v) is 1.20. The van der Waals surface area contributed by atoms with Crippen molar-refractivity contribution in [2.45, 2.75) is 51.2 Å². The number of aliphatic imine (C=N–C) groups is 1. The normalized spacial score (nSPS) is 12.8. The highest BCUT2D eigenvalue weighted by Gasteiger charge is 2.15. The summed E-state index contributed by atoms with van der Waals surface area (Å²) in [5.41, 5.74) is 25.3. The van der Waals surface area contributed by atoms with E-state index in [0.29, 0.717) is 19.4 Å². The maximum absolute atomic E-state index is 10.2. The Kier molecular flexibility index (Phi) is 18.2. The number of carbonyl (C=O) groups is 4. The van der Waals surface area contributed by atoms with Crippen molar-refractivity contribution in [1.29, 1.82) is 0 Å². The average molecular weight is 424 g/mol. The van der Waals surface area contributed by atoms with E-state index in [2.05, 4.69) is 4.99 Å². The van der Waals surface area contributed by atoms with E-state index >= 15 is 0 Å². The highest BCUT2D eigenvalue weighted by Crippen LogP contribution is 1.96. The lowest BCUT2D eigenvalue weighted by Crippen LogP contribution is -2.34. The van der Waals surface area contributed by atoms with E-state index in [4.69, 9.17) is 49.1 Å². The van der Waals surface area contributed by atoms with Crippen LogP contribution in [0.4, 0.5) is 0 Å². The predicted octanol–water partition coefficient (Wildman–Crippen LogP) is -2.62. The van der Waals surface area contributed by atoms with Crippen molar-refractivity contribution in [1.82, 2.24) is 0 Å². The van der Waals surface area contributed by atoms with Gasteiger partial charge in [-0.1, -0.05) is 13.8 Å². The van der Waals surface area contributed by atoms with Crippen LogP contribution in [-0.4, -0.2) is 74.9 Å². The van der Waals surface area contributed by atoms with Crippen molar-refractivity contribution in [3.8, 4) is 0 Å². The zero-order chi connectivity index (χ0) is 23.7. The monoisotopic (exact) mass is 424 g/mol. The summed E-state index contributed by atoms with van der Waals surface area (Å²) >= 11 is 0. The lowest BCUT2D eigenvalue weighted by molar-refractivity contribution is -0.144. The Labute approximate surface area is 167 Å². The molecule has 0 aromatic heterocycles. The third-order valence-corrected chi connectivity index (χ3v) is 3.00. The summed E-state index contributed by atoms with van der Waals surface area (Å²) in [6, 6.07) is -2.82. The molecule has 0 fully saturated rings. The number of rotatable bonds is 10. The second-order valence-corrected chi connectivity index (χ2v) is 6.04. The van der Waals surface area contributed by atoms with Crippen molar-refractivity contribution >= 4 is 29.8 Å². The molecule has 0 aliphatic rings. The summed E-state index contributed by atoms with van der Waals surface area (Å²) < 4.78 is 0. The maximum Gasteiger partial charge on any atom is 0.321 e. The number of aliphatic carboxylic acids is 4. The molecule has 0 bridgehead atoms. The molecule has 29 heavy (non-hydrogen) atoms. The maximum atomic E-state index is 10.2. The van der Waals surface area contributed by atoms with Crippen LogP contribution in [0.2, 0.25) is 0 Å². The van der Waals surface area contributed by atoms with Gasteiger partial charge in [-0.2, -0.15) is 0 Å². The fraction of sp³-hybridized carbons (Fsp3) is 0.667. The molecule has 0 saturated carbocycles. The van der Waals surface area contributed by atoms with Crippen molar-refractivity contribution < 1.29 is 39.6 Å². The van der Waals surface area contributed by atoms with Crippen LogP contribution in [0.5, 0.6) is 0 Å². The van der Waals surface area contributed by atoms with Crippen LogP contribution >= 0.6 is 0 Å². The van der Waals surface area contributed by atoms with Crippen molar-refractivity contribution in [3.63, 3.8) is 0 Å². The van der Waals surface area contributed by atoms with Gasteiger partial charge in [-0.25, -0.2) is 0 Å². The number of carboxylic acids is 4. The smallest absolute Gasteiger partial charge is 0.321 e. The molecular formula is C15H32N6O8. The Balaban J connectivity index is -0.000000359. The van der Waals surface area contributed by atoms with E-state index in [0.717, 1.165) is 0 Å². The first-order valence-electron chi connectivity index (χ1n) is 8.35. The molecule has 0 heterocycles. The van der Waals surface area contributed by atoms with E-state index in [1.807, 2.05) is 0 Å². The van der Waals surface area contributed by atoms with Gasteiger partial charge in [-0.3, -0.25) is 24.2 Å². The van der Waals surface area contributed by atoms with Crippen molar-refractivity contribution in [2.75, 3.05) is 6.54 Å². The third kappa shape index (κ3) is 23.0. The number of guanidine groups is 1. The summed E-state index contributed by atoms with van der Waals surface area (Å²) in [6.07, 6.45) is 0.423. The number of carboxylic acid groups (broad SMARTS) is 4. The lowest BCUT2D eigenvalue weighted by Gasteiger charge is -2.07.